The number of aromatic nitrogens is 1. The molecule has 8 heteroatoms. The van der Waals surface area contributed by atoms with Gasteiger partial charge in [0.05, 0.1) is 21.7 Å². The molecule has 5 nitrogen and oxygen atoms in total. The molecule has 2 aromatic carbocycles. The predicted octanol–water partition coefficient (Wildman–Crippen LogP) is 4.23. The Labute approximate surface area is 178 Å². The first-order valence-electron chi connectivity index (χ1n) is 9.80. The average molecular weight is 449 g/mol. The second kappa shape index (κ2) is 7.23. The van der Waals surface area contributed by atoms with E-state index in [0.29, 0.717) is 28.1 Å². The fourth-order valence-electron chi connectivity index (χ4n) is 4.82. The van der Waals surface area contributed by atoms with E-state index in [2.05, 4.69) is 4.72 Å². The first kappa shape index (κ1) is 19.3. The van der Waals surface area contributed by atoms with E-state index >= 15 is 0 Å². The summed E-state index contributed by atoms with van der Waals surface area (Å²) in [6.07, 6.45) is 4.41. The van der Waals surface area contributed by atoms with Gasteiger partial charge >= 0.3 is 4.87 Å². The van der Waals surface area contributed by atoms with Gasteiger partial charge in [0.2, 0.25) is 10.0 Å². The van der Waals surface area contributed by atoms with Crippen molar-refractivity contribution in [3.8, 4) is 0 Å². The molecule has 29 heavy (non-hydrogen) atoms. The van der Waals surface area contributed by atoms with Gasteiger partial charge in [0.25, 0.3) is 0 Å². The maximum Gasteiger partial charge on any atom is 0.308 e. The van der Waals surface area contributed by atoms with Gasteiger partial charge < -0.3 is 0 Å². The average Bonchev–Trinajstić information content (AvgIpc) is 3.37. The second-order valence-electron chi connectivity index (χ2n) is 8.08. The van der Waals surface area contributed by atoms with Crippen LogP contribution in [0.4, 0.5) is 0 Å². The number of nitrogens with one attached hydrogen (secondary N) is 1. The van der Waals surface area contributed by atoms with E-state index in [1.807, 2.05) is 18.2 Å². The maximum absolute atomic E-state index is 12.9. The molecule has 0 spiro atoms. The van der Waals surface area contributed by atoms with E-state index < -0.39 is 10.0 Å². The van der Waals surface area contributed by atoms with Crippen LogP contribution in [0.1, 0.15) is 31.2 Å². The number of halogens is 1. The van der Waals surface area contributed by atoms with Crippen LogP contribution in [-0.2, 0) is 16.6 Å². The van der Waals surface area contributed by atoms with Crippen LogP contribution in [0.25, 0.3) is 10.2 Å². The Balaban J connectivity index is 1.45. The van der Waals surface area contributed by atoms with Gasteiger partial charge in [0.15, 0.2) is 0 Å². The van der Waals surface area contributed by atoms with Crippen molar-refractivity contribution in [2.45, 2.75) is 43.2 Å². The van der Waals surface area contributed by atoms with Gasteiger partial charge in [-0.25, -0.2) is 13.1 Å². The standard InChI is InChI=1S/C21H21ClN2O3S2/c22-17-4-2-1-3-15(17)12-24-19-8-7-16(11-20(19)28-21(24)25)29(26,27)23-18-10-13-5-6-14(18)9-13/h1-4,7-8,11,13-14,18,23H,5-6,9-10,12H2/t13-,14+,18-/m0/s1. The van der Waals surface area contributed by atoms with Crippen molar-refractivity contribution in [1.29, 1.82) is 0 Å². The Kier molecular flexibility index (Phi) is 4.81. The summed E-state index contributed by atoms with van der Waals surface area (Å²) in [6.45, 7) is 0.355. The fraction of sp³-hybridized carbons (Fsp3) is 0.381. The molecule has 152 valence electrons. The molecule has 1 heterocycles. The molecule has 2 aliphatic rings. The van der Waals surface area contributed by atoms with Crippen molar-refractivity contribution in [3.05, 3.63) is 62.7 Å². The number of nitrogens with zero attached hydrogens (tertiary/aromatic N) is 1. The summed E-state index contributed by atoms with van der Waals surface area (Å²) in [5.41, 5.74) is 1.57. The number of benzene rings is 2. The van der Waals surface area contributed by atoms with E-state index in [9.17, 15) is 13.2 Å². The summed E-state index contributed by atoms with van der Waals surface area (Å²) >= 11 is 7.30. The highest BCUT2D eigenvalue weighted by Crippen LogP contribution is 2.44. The molecular formula is C21H21ClN2O3S2. The second-order valence-corrected chi connectivity index (χ2v) is 11.2. The van der Waals surface area contributed by atoms with Crippen LogP contribution in [0, 0.1) is 11.8 Å². The number of hydrogen-bond acceptors (Lipinski definition) is 4. The zero-order valence-corrected chi connectivity index (χ0v) is 18.1. The smallest absolute Gasteiger partial charge is 0.294 e. The molecule has 0 unspecified atom stereocenters. The summed E-state index contributed by atoms with van der Waals surface area (Å²) in [7, 11) is -3.60. The van der Waals surface area contributed by atoms with Crippen molar-refractivity contribution in [2.24, 2.45) is 11.8 Å². The number of rotatable bonds is 5. The number of thiazole rings is 1. The van der Waals surface area contributed by atoms with Gasteiger partial charge in [-0.3, -0.25) is 9.36 Å². The lowest BCUT2D eigenvalue weighted by atomic mass is 9.96. The van der Waals surface area contributed by atoms with Gasteiger partial charge in [0, 0.05) is 11.1 Å². The minimum atomic E-state index is -3.60. The number of fused-ring (bicyclic) bond motifs is 3. The number of sulfonamides is 1. The molecule has 1 N–H and O–H groups in total. The molecule has 1 aromatic heterocycles. The summed E-state index contributed by atoms with van der Waals surface area (Å²) in [5, 5.41) is 0.605. The van der Waals surface area contributed by atoms with Crippen molar-refractivity contribution < 1.29 is 8.42 Å². The van der Waals surface area contributed by atoms with Gasteiger partial charge in [-0.05, 0) is 60.9 Å². The molecular weight excluding hydrogens is 428 g/mol. The van der Waals surface area contributed by atoms with Crippen LogP contribution in [0.5, 0.6) is 0 Å². The molecule has 3 atom stereocenters. The number of hydrogen-bond donors (Lipinski definition) is 1. The molecule has 0 amide bonds. The molecule has 0 saturated heterocycles. The Morgan fingerprint density at radius 3 is 2.69 bits per heavy atom. The zero-order chi connectivity index (χ0) is 20.2. The van der Waals surface area contributed by atoms with E-state index in [0.717, 1.165) is 41.7 Å². The van der Waals surface area contributed by atoms with Crippen molar-refractivity contribution in [1.82, 2.24) is 9.29 Å². The van der Waals surface area contributed by atoms with Gasteiger partial charge in [-0.15, -0.1) is 0 Å². The lowest BCUT2D eigenvalue weighted by Crippen LogP contribution is -2.38. The van der Waals surface area contributed by atoms with Crippen LogP contribution >= 0.6 is 22.9 Å². The molecule has 0 aliphatic heterocycles. The third kappa shape index (κ3) is 3.54. The maximum atomic E-state index is 12.9. The Morgan fingerprint density at radius 2 is 1.97 bits per heavy atom. The molecule has 3 aromatic rings. The van der Waals surface area contributed by atoms with E-state index in [1.54, 1.807) is 28.8 Å². The van der Waals surface area contributed by atoms with Crippen LogP contribution in [-0.4, -0.2) is 19.0 Å². The highest BCUT2D eigenvalue weighted by molar-refractivity contribution is 7.89. The minimum Gasteiger partial charge on any atom is -0.294 e. The van der Waals surface area contributed by atoms with E-state index in [-0.39, 0.29) is 15.8 Å². The minimum absolute atomic E-state index is 0.0398. The molecule has 2 saturated carbocycles. The molecule has 2 aliphatic carbocycles. The SMILES string of the molecule is O=c1sc2cc(S(=O)(=O)N[C@H]3C[C@H]4CC[C@@H]3C4)ccc2n1Cc1ccccc1Cl. The van der Waals surface area contributed by atoms with Crippen molar-refractivity contribution in [2.75, 3.05) is 0 Å². The normalized spacial score (nSPS) is 23.8. The van der Waals surface area contributed by atoms with Crippen LogP contribution in [0.3, 0.4) is 0 Å². The van der Waals surface area contributed by atoms with Crippen molar-refractivity contribution >= 4 is 43.2 Å². The molecule has 2 fully saturated rings. The lowest BCUT2D eigenvalue weighted by molar-refractivity contribution is 0.390. The Bertz CT molecular complexity index is 1250. The monoisotopic (exact) mass is 448 g/mol. The Morgan fingerprint density at radius 1 is 1.14 bits per heavy atom. The summed E-state index contributed by atoms with van der Waals surface area (Å²) in [6, 6.07) is 12.4. The summed E-state index contributed by atoms with van der Waals surface area (Å²) in [5.74, 6) is 1.13. The van der Waals surface area contributed by atoms with Crippen LogP contribution in [0.15, 0.2) is 52.2 Å². The lowest BCUT2D eigenvalue weighted by Gasteiger charge is -2.22. The predicted molar refractivity (Wildman–Crippen MR) is 116 cm³/mol. The van der Waals surface area contributed by atoms with Gasteiger partial charge in [-0.2, -0.15) is 0 Å². The quantitative estimate of drug-likeness (QED) is 0.635. The molecule has 0 radical (unpaired) electrons. The van der Waals surface area contributed by atoms with Crippen molar-refractivity contribution in [3.63, 3.8) is 0 Å². The Hall–Kier alpha value is -1.67. The van der Waals surface area contributed by atoms with Crippen LogP contribution < -0.4 is 9.60 Å². The largest absolute Gasteiger partial charge is 0.308 e. The first-order chi connectivity index (χ1) is 13.9. The van der Waals surface area contributed by atoms with Gasteiger partial charge in [0.1, 0.15) is 0 Å². The highest BCUT2D eigenvalue weighted by atomic mass is 35.5. The summed E-state index contributed by atoms with van der Waals surface area (Å²) in [4.78, 5) is 12.6. The third-order valence-electron chi connectivity index (χ3n) is 6.28. The molecule has 2 bridgehead atoms. The zero-order valence-electron chi connectivity index (χ0n) is 15.7. The third-order valence-corrected chi connectivity index (χ3v) is 9.08. The first-order valence-corrected chi connectivity index (χ1v) is 12.5. The summed E-state index contributed by atoms with van der Waals surface area (Å²) < 4.78 is 31.1. The van der Waals surface area contributed by atoms with E-state index in [4.69, 9.17) is 11.6 Å². The van der Waals surface area contributed by atoms with Gasteiger partial charge in [-0.1, -0.05) is 47.6 Å². The van der Waals surface area contributed by atoms with Crippen LogP contribution in [0.2, 0.25) is 5.02 Å². The topological polar surface area (TPSA) is 68.2 Å². The fourth-order valence-corrected chi connectivity index (χ4v) is 7.36. The highest BCUT2D eigenvalue weighted by Gasteiger charge is 2.41. The van der Waals surface area contributed by atoms with E-state index in [1.165, 1.54) is 6.42 Å². The molecule has 5 rings (SSSR count).